The SMILES string of the molecule is CCOc1cc(/C=C(/C#N)C(=O)Nc2ccccc2[N+](=O)[O-])cc(I)c1OC. The number of nitro groups is 1. The lowest BCUT2D eigenvalue weighted by molar-refractivity contribution is -0.383. The van der Waals surface area contributed by atoms with E-state index in [1.807, 2.05) is 13.0 Å². The van der Waals surface area contributed by atoms with Gasteiger partial charge in [-0.25, -0.2) is 0 Å². The number of hydrogen-bond donors (Lipinski definition) is 1. The number of carbonyl (C=O) groups is 1. The first-order chi connectivity index (χ1) is 13.4. The third-order valence-electron chi connectivity index (χ3n) is 3.56. The Kier molecular flexibility index (Phi) is 7.34. The number of methoxy groups -OCH3 is 1. The minimum Gasteiger partial charge on any atom is -0.492 e. The summed E-state index contributed by atoms with van der Waals surface area (Å²) < 4.78 is 11.6. The Morgan fingerprint density at radius 1 is 1.39 bits per heavy atom. The lowest BCUT2D eigenvalue weighted by Crippen LogP contribution is -2.14. The number of nitrogens with zero attached hydrogens (tertiary/aromatic N) is 2. The molecular formula is C19H16IN3O5. The largest absolute Gasteiger partial charge is 0.492 e. The van der Waals surface area contributed by atoms with Crippen molar-refractivity contribution in [3.8, 4) is 17.6 Å². The van der Waals surface area contributed by atoms with Crippen LogP contribution in [0.2, 0.25) is 0 Å². The van der Waals surface area contributed by atoms with Crippen LogP contribution < -0.4 is 14.8 Å². The summed E-state index contributed by atoms with van der Waals surface area (Å²) in [7, 11) is 1.52. The molecule has 0 unspecified atom stereocenters. The first-order valence-electron chi connectivity index (χ1n) is 8.08. The third-order valence-corrected chi connectivity index (χ3v) is 4.36. The molecule has 0 saturated heterocycles. The van der Waals surface area contributed by atoms with Crippen LogP contribution in [0.4, 0.5) is 11.4 Å². The number of benzene rings is 2. The molecule has 1 N–H and O–H groups in total. The molecule has 0 radical (unpaired) electrons. The van der Waals surface area contributed by atoms with E-state index in [2.05, 4.69) is 27.9 Å². The summed E-state index contributed by atoms with van der Waals surface area (Å²) in [6, 6.07) is 10.9. The minimum absolute atomic E-state index is 0.0120. The van der Waals surface area contributed by atoms with Crippen molar-refractivity contribution in [3.05, 3.63) is 61.2 Å². The van der Waals surface area contributed by atoms with Crippen LogP contribution in [-0.2, 0) is 4.79 Å². The number of hydrogen-bond acceptors (Lipinski definition) is 6. The van der Waals surface area contributed by atoms with Crippen LogP contribution in [-0.4, -0.2) is 24.5 Å². The van der Waals surface area contributed by atoms with E-state index in [9.17, 15) is 20.2 Å². The number of para-hydroxylation sites is 2. The Morgan fingerprint density at radius 2 is 2.11 bits per heavy atom. The van der Waals surface area contributed by atoms with Gasteiger partial charge in [-0.15, -0.1) is 0 Å². The second kappa shape index (κ2) is 9.70. The average Bonchev–Trinajstić information content (AvgIpc) is 2.66. The zero-order valence-corrected chi connectivity index (χ0v) is 17.2. The summed E-state index contributed by atoms with van der Waals surface area (Å²) in [5.41, 5.74) is 0.105. The summed E-state index contributed by atoms with van der Waals surface area (Å²) in [5, 5.41) is 22.9. The molecule has 0 bridgehead atoms. The van der Waals surface area contributed by atoms with Gasteiger partial charge in [0.25, 0.3) is 11.6 Å². The maximum Gasteiger partial charge on any atom is 0.292 e. The first kappa shape index (κ1) is 21.2. The van der Waals surface area contributed by atoms with Crippen LogP contribution in [0.5, 0.6) is 11.5 Å². The van der Waals surface area contributed by atoms with E-state index < -0.39 is 10.8 Å². The predicted molar refractivity (Wildman–Crippen MR) is 112 cm³/mol. The van der Waals surface area contributed by atoms with Gasteiger partial charge in [-0.1, -0.05) is 12.1 Å². The van der Waals surface area contributed by atoms with E-state index in [-0.39, 0.29) is 16.9 Å². The van der Waals surface area contributed by atoms with Crippen molar-refractivity contribution in [1.29, 1.82) is 5.26 Å². The van der Waals surface area contributed by atoms with Gasteiger partial charge >= 0.3 is 0 Å². The summed E-state index contributed by atoms with van der Waals surface area (Å²) in [5.74, 6) is 0.294. The van der Waals surface area contributed by atoms with E-state index in [1.54, 1.807) is 18.2 Å². The van der Waals surface area contributed by atoms with Crippen LogP contribution in [0.15, 0.2) is 42.0 Å². The highest BCUT2D eigenvalue weighted by Gasteiger charge is 2.18. The number of carbonyl (C=O) groups excluding carboxylic acids is 1. The van der Waals surface area contributed by atoms with Crippen LogP contribution in [0.25, 0.3) is 6.08 Å². The van der Waals surface area contributed by atoms with E-state index in [1.165, 1.54) is 31.4 Å². The van der Waals surface area contributed by atoms with Crippen LogP contribution in [0.1, 0.15) is 12.5 Å². The topological polar surface area (TPSA) is 114 Å². The Labute approximate surface area is 175 Å². The smallest absolute Gasteiger partial charge is 0.292 e. The molecule has 8 nitrogen and oxygen atoms in total. The van der Waals surface area contributed by atoms with Gasteiger partial charge in [0.05, 0.1) is 22.2 Å². The highest BCUT2D eigenvalue weighted by Crippen LogP contribution is 2.34. The van der Waals surface area contributed by atoms with E-state index in [0.717, 1.165) is 3.57 Å². The summed E-state index contributed by atoms with van der Waals surface area (Å²) in [4.78, 5) is 22.9. The van der Waals surface area contributed by atoms with Crippen molar-refractivity contribution in [2.45, 2.75) is 6.92 Å². The molecule has 9 heteroatoms. The molecule has 0 aliphatic carbocycles. The van der Waals surface area contributed by atoms with E-state index >= 15 is 0 Å². The Balaban J connectivity index is 2.38. The average molecular weight is 493 g/mol. The van der Waals surface area contributed by atoms with Crippen molar-refractivity contribution in [1.82, 2.24) is 0 Å². The molecule has 0 saturated carbocycles. The van der Waals surface area contributed by atoms with Crippen LogP contribution in [0.3, 0.4) is 0 Å². The number of nitriles is 1. The fourth-order valence-corrected chi connectivity index (χ4v) is 3.22. The number of halogens is 1. The molecule has 2 aromatic carbocycles. The molecule has 0 aromatic heterocycles. The molecule has 0 aliphatic rings. The molecule has 0 spiro atoms. The Bertz CT molecular complexity index is 982. The number of anilines is 1. The molecule has 0 fully saturated rings. The van der Waals surface area contributed by atoms with Gasteiger partial charge in [0.15, 0.2) is 11.5 Å². The van der Waals surface area contributed by atoms with Crippen molar-refractivity contribution in [2.75, 3.05) is 19.0 Å². The molecule has 2 aromatic rings. The van der Waals surface area contributed by atoms with Crippen molar-refractivity contribution >= 4 is 45.9 Å². The highest BCUT2D eigenvalue weighted by molar-refractivity contribution is 14.1. The van der Waals surface area contributed by atoms with Crippen LogP contribution in [0, 0.1) is 25.0 Å². The van der Waals surface area contributed by atoms with Gasteiger partial charge in [0, 0.05) is 6.07 Å². The maximum atomic E-state index is 12.5. The molecule has 0 heterocycles. The second-order valence-corrected chi connectivity index (χ2v) is 6.53. The Hall–Kier alpha value is -3.13. The van der Waals surface area contributed by atoms with Crippen LogP contribution >= 0.6 is 22.6 Å². The quantitative estimate of drug-likeness (QED) is 0.204. The van der Waals surface area contributed by atoms with Crippen molar-refractivity contribution in [3.63, 3.8) is 0 Å². The molecule has 1 amide bonds. The molecular weight excluding hydrogens is 477 g/mol. The number of rotatable bonds is 7. The fourth-order valence-electron chi connectivity index (χ4n) is 2.38. The molecule has 0 aliphatic heterocycles. The summed E-state index contributed by atoms with van der Waals surface area (Å²) in [6.07, 6.45) is 1.38. The first-order valence-corrected chi connectivity index (χ1v) is 9.16. The summed E-state index contributed by atoms with van der Waals surface area (Å²) >= 11 is 2.06. The molecule has 28 heavy (non-hydrogen) atoms. The molecule has 144 valence electrons. The van der Waals surface area contributed by atoms with Gasteiger partial charge in [0.2, 0.25) is 0 Å². The van der Waals surface area contributed by atoms with E-state index in [4.69, 9.17) is 9.47 Å². The standard InChI is InChI=1S/C19H16IN3O5/c1-3-28-17-10-12(9-14(20)18(17)27-2)8-13(11-21)19(24)22-15-6-4-5-7-16(15)23(25)26/h4-10H,3H2,1-2H3,(H,22,24)/b13-8-. The van der Waals surface area contributed by atoms with Gasteiger partial charge in [0.1, 0.15) is 17.3 Å². The summed E-state index contributed by atoms with van der Waals surface area (Å²) in [6.45, 7) is 2.25. The highest BCUT2D eigenvalue weighted by atomic mass is 127. The number of nitrogens with one attached hydrogen (secondary N) is 1. The van der Waals surface area contributed by atoms with Crippen molar-refractivity contribution < 1.29 is 19.2 Å². The number of nitro benzene ring substituents is 1. The third kappa shape index (κ3) is 4.98. The number of ether oxygens (including phenoxy) is 2. The lowest BCUT2D eigenvalue weighted by atomic mass is 10.1. The Morgan fingerprint density at radius 3 is 2.71 bits per heavy atom. The lowest BCUT2D eigenvalue weighted by Gasteiger charge is -2.12. The molecule has 0 atom stereocenters. The minimum atomic E-state index is -0.749. The fraction of sp³-hybridized carbons (Fsp3) is 0.158. The second-order valence-electron chi connectivity index (χ2n) is 5.37. The van der Waals surface area contributed by atoms with Gasteiger partial charge in [-0.3, -0.25) is 14.9 Å². The zero-order valence-electron chi connectivity index (χ0n) is 15.1. The van der Waals surface area contributed by atoms with Crippen molar-refractivity contribution in [2.24, 2.45) is 0 Å². The van der Waals surface area contributed by atoms with Gasteiger partial charge in [-0.2, -0.15) is 5.26 Å². The maximum absolute atomic E-state index is 12.5. The van der Waals surface area contributed by atoms with Gasteiger partial charge < -0.3 is 14.8 Å². The molecule has 2 rings (SSSR count). The normalized spacial score (nSPS) is 10.7. The zero-order chi connectivity index (χ0) is 20.7. The van der Waals surface area contributed by atoms with Gasteiger partial charge in [-0.05, 0) is 59.4 Å². The number of amides is 1. The predicted octanol–water partition coefficient (Wildman–Crippen LogP) is 4.15. The van der Waals surface area contributed by atoms with E-state index in [0.29, 0.717) is 23.7 Å². The monoisotopic (exact) mass is 493 g/mol.